The third-order valence-corrected chi connectivity index (χ3v) is 3.87. The number of amides is 1. The average molecular weight is 311 g/mol. The van der Waals surface area contributed by atoms with Gasteiger partial charge in [-0.1, -0.05) is 6.07 Å². The lowest BCUT2D eigenvalue weighted by molar-refractivity contribution is 0.0651. The maximum atomic E-state index is 12.5. The van der Waals surface area contributed by atoms with Crippen LogP contribution in [0.5, 0.6) is 0 Å². The quantitative estimate of drug-likeness (QED) is 0.864. The molecule has 1 fully saturated rings. The summed E-state index contributed by atoms with van der Waals surface area (Å²) in [7, 11) is 0. The Morgan fingerprint density at radius 1 is 1.44 bits per heavy atom. The first-order valence-corrected chi connectivity index (χ1v) is 6.99. The molecule has 0 unspecified atom stereocenters. The van der Waals surface area contributed by atoms with Crippen LogP contribution in [0.4, 0.5) is 0 Å². The largest absolute Gasteiger partial charge is 0.336 e. The number of aryl methyl sites for hydroxylation is 1. The minimum Gasteiger partial charge on any atom is -0.336 e. The summed E-state index contributed by atoms with van der Waals surface area (Å²) in [5, 5.41) is 3.41. The Morgan fingerprint density at radius 2 is 2.17 bits per heavy atom. The first kappa shape index (κ1) is 13.6. The van der Waals surface area contributed by atoms with Gasteiger partial charge in [-0.2, -0.15) is 0 Å². The average Bonchev–Trinajstić information content (AvgIpc) is 2.27. The fraction of sp³-hybridized carbons (Fsp3) is 0.500. The van der Waals surface area contributed by atoms with Crippen LogP contribution in [0.3, 0.4) is 0 Å². The van der Waals surface area contributed by atoms with E-state index < -0.39 is 0 Å². The molecule has 0 spiro atoms. The monoisotopic (exact) mass is 310 g/mol. The Labute approximate surface area is 117 Å². The van der Waals surface area contributed by atoms with Gasteiger partial charge in [0.25, 0.3) is 5.91 Å². The van der Waals surface area contributed by atoms with Crippen LogP contribution in [0.25, 0.3) is 0 Å². The second kappa shape index (κ2) is 5.02. The fourth-order valence-corrected chi connectivity index (χ4v) is 2.94. The summed E-state index contributed by atoms with van der Waals surface area (Å²) in [6.45, 7) is 8.62. The van der Waals surface area contributed by atoms with Crippen LogP contribution < -0.4 is 5.32 Å². The van der Waals surface area contributed by atoms with Gasteiger partial charge in [0.15, 0.2) is 0 Å². The lowest BCUT2D eigenvalue weighted by Crippen LogP contribution is -2.58. The van der Waals surface area contributed by atoms with Crippen molar-refractivity contribution in [1.82, 2.24) is 10.2 Å². The zero-order valence-corrected chi connectivity index (χ0v) is 12.7. The second-order valence-corrected chi connectivity index (χ2v) is 6.38. The number of piperazine rings is 1. The third kappa shape index (κ3) is 2.93. The van der Waals surface area contributed by atoms with Gasteiger partial charge in [0.05, 0.1) is 5.56 Å². The Hall–Kier alpha value is -0.870. The zero-order chi connectivity index (χ0) is 13.3. The van der Waals surface area contributed by atoms with Gasteiger partial charge in [0, 0.05) is 29.6 Å². The number of nitrogens with one attached hydrogen (secondary N) is 1. The van der Waals surface area contributed by atoms with Crippen LogP contribution >= 0.6 is 15.9 Å². The van der Waals surface area contributed by atoms with E-state index in [1.165, 1.54) is 0 Å². The maximum absolute atomic E-state index is 12.5. The van der Waals surface area contributed by atoms with Gasteiger partial charge in [0.1, 0.15) is 0 Å². The molecule has 3 nitrogen and oxygen atoms in total. The van der Waals surface area contributed by atoms with E-state index in [1.807, 2.05) is 30.0 Å². The van der Waals surface area contributed by atoms with Crippen LogP contribution in [0.2, 0.25) is 0 Å². The normalized spacial score (nSPS) is 18.8. The van der Waals surface area contributed by atoms with Crippen LogP contribution in [-0.4, -0.2) is 36.0 Å². The van der Waals surface area contributed by atoms with Crippen molar-refractivity contribution in [1.29, 1.82) is 0 Å². The van der Waals surface area contributed by atoms with E-state index in [-0.39, 0.29) is 11.4 Å². The molecule has 1 aromatic rings. The number of hydrogen-bond donors (Lipinski definition) is 1. The molecule has 1 saturated heterocycles. The van der Waals surface area contributed by atoms with Crippen molar-refractivity contribution in [2.24, 2.45) is 0 Å². The van der Waals surface area contributed by atoms with Crippen molar-refractivity contribution in [2.45, 2.75) is 26.3 Å². The van der Waals surface area contributed by atoms with Crippen molar-refractivity contribution in [3.63, 3.8) is 0 Å². The molecule has 1 aliphatic rings. The molecule has 0 atom stereocenters. The van der Waals surface area contributed by atoms with E-state index in [2.05, 4.69) is 35.1 Å². The number of carbonyl (C=O) groups excluding carboxylic acids is 1. The Morgan fingerprint density at radius 3 is 2.78 bits per heavy atom. The molecule has 1 heterocycles. The van der Waals surface area contributed by atoms with E-state index in [9.17, 15) is 4.79 Å². The second-order valence-electron chi connectivity index (χ2n) is 5.52. The predicted molar refractivity (Wildman–Crippen MR) is 76.9 cm³/mol. The summed E-state index contributed by atoms with van der Waals surface area (Å²) in [6.07, 6.45) is 0. The van der Waals surface area contributed by atoms with Crippen LogP contribution in [0.1, 0.15) is 29.8 Å². The number of halogens is 1. The molecule has 98 valence electrons. The predicted octanol–water partition coefficient (Wildman–Crippen LogP) is 2.58. The SMILES string of the molecule is Cc1ccc(C(=O)N2CCNC(C)(C)C2)c(Br)c1. The van der Waals surface area contributed by atoms with Crippen molar-refractivity contribution in [3.8, 4) is 0 Å². The highest BCUT2D eigenvalue weighted by atomic mass is 79.9. The molecule has 1 amide bonds. The molecule has 1 aromatic carbocycles. The fourth-order valence-electron chi connectivity index (χ4n) is 2.28. The molecule has 4 heteroatoms. The van der Waals surface area contributed by atoms with Crippen LogP contribution in [-0.2, 0) is 0 Å². The first-order chi connectivity index (χ1) is 8.39. The number of nitrogens with zero attached hydrogens (tertiary/aromatic N) is 1. The molecule has 0 aliphatic carbocycles. The van der Waals surface area contributed by atoms with Crippen LogP contribution in [0.15, 0.2) is 22.7 Å². The Kier molecular flexibility index (Phi) is 3.78. The molecule has 2 rings (SSSR count). The Balaban J connectivity index is 2.20. The summed E-state index contributed by atoms with van der Waals surface area (Å²) < 4.78 is 0.879. The van der Waals surface area contributed by atoms with E-state index in [0.29, 0.717) is 0 Å². The summed E-state index contributed by atoms with van der Waals surface area (Å²) in [5.41, 5.74) is 1.89. The topological polar surface area (TPSA) is 32.3 Å². The molecule has 18 heavy (non-hydrogen) atoms. The smallest absolute Gasteiger partial charge is 0.255 e. The number of carbonyl (C=O) groups is 1. The van der Waals surface area contributed by atoms with E-state index in [1.54, 1.807) is 0 Å². The maximum Gasteiger partial charge on any atom is 0.255 e. The van der Waals surface area contributed by atoms with Gasteiger partial charge in [-0.3, -0.25) is 4.79 Å². The van der Waals surface area contributed by atoms with Gasteiger partial charge in [0.2, 0.25) is 0 Å². The highest BCUT2D eigenvalue weighted by Gasteiger charge is 2.29. The van der Waals surface area contributed by atoms with Gasteiger partial charge < -0.3 is 10.2 Å². The van der Waals surface area contributed by atoms with Crippen molar-refractivity contribution in [3.05, 3.63) is 33.8 Å². The van der Waals surface area contributed by atoms with Crippen molar-refractivity contribution in [2.75, 3.05) is 19.6 Å². The summed E-state index contributed by atoms with van der Waals surface area (Å²) in [5.74, 6) is 0.108. The van der Waals surface area contributed by atoms with Gasteiger partial charge in [-0.15, -0.1) is 0 Å². The summed E-state index contributed by atoms with van der Waals surface area (Å²) in [6, 6.07) is 5.86. The zero-order valence-electron chi connectivity index (χ0n) is 11.1. The van der Waals surface area contributed by atoms with E-state index >= 15 is 0 Å². The van der Waals surface area contributed by atoms with Crippen molar-refractivity contribution >= 4 is 21.8 Å². The van der Waals surface area contributed by atoms with Crippen LogP contribution in [0, 0.1) is 6.92 Å². The molecule has 1 aliphatic heterocycles. The molecule has 0 bridgehead atoms. The molecule has 1 N–H and O–H groups in total. The van der Waals surface area contributed by atoms with Gasteiger partial charge in [-0.25, -0.2) is 0 Å². The number of rotatable bonds is 1. The van der Waals surface area contributed by atoms with Gasteiger partial charge >= 0.3 is 0 Å². The highest BCUT2D eigenvalue weighted by Crippen LogP contribution is 2.21. The first-order valence-electron chi connectivity index (χ1n) is 6.19. The highest BCUT2D eigenvalue weighted by molar-refractivity contribution is 9.10. The Bertz CT molecular complexity index is 471. The molecular weight excluding hydrogens is 292 g/mol. The summed E-state index contributed by atoms with van der Waals surface area (Å²) >= 11 is 3.48. The van der Waals surface area contributed by atoms with E-state index in [0.717, 1.165) is 35.2 Å². The van der Waals surface area contributed by atoms with Crippen molar-refractivity contribution < 1.29 is 4.79 Å². The third-order valence-electron chi connectivity index (χ3n) is 3.21. The minimum atomic E-state index is -0.00885. The lowest BCUT2D eigenvalue weighted by Gasteiger charge is -2.39. The number of hydrogen-bond acceptors (Lipinski definition) is 2. The number of benzene rings is 1. The molecule has 0 saturated carbocycles. The minimum absolute atomic E-state index is 0.00885. The summed E-state index contributed by atoms with van der Waals surface area (Å²) in [4.78, 5) is 14.4. The molecule has 0 aromatic heterocycles. The molecule has 0 radical (unpaired) electrons. The lowest BCUT2D eigenvalue weighted by atomic mass is 10.0. The molecular formula is C14H19BrN2O. The standard InChI is InChI=1S/C14H19BrN2O/c1-10-4-5-11(12(15)8-10)13(18)17-7-6-16-14(2,3)9-17/h4-5,8,16H,6-7,9H2,1-3H3. The van der Waals surface area contributed by atoms with E-state index in [4.69, 9.17) is 0 Å². The van der Waals surface area contributed by atoms with Gasteiger partial charge in [-0.05, 0) is 54.4 Å².